The van der Waals surface area contributed by atoms with Gasteiger partial charge in [-0.25, -0.2) is 0 Å². The van der Waals surface area contributed by atoms with E-state index < -0.39 is 5.60 Å². The van der Waals surface area contributed by atoms with E-state index in [0.717, 1.165) is 25.9 Å². The summed E-state index contributed by atoms with van der Waals surface area (Å²) in [6.45, 7) is 8.05. The monoisotopic (exact) mass is 240 g/mol. The first kappa shape index (κ1) is 12.8. The second-order valence-corrected chi connectivity index (χ2v) is 5.57. The lowest BCUT2D eigenvalue weighted by Gasteiger charge is -2.36. The molecule has 0 radical (unpaired) electrons. The van der Waals surface area contributed by atoms with Gasteiger partial charge in [0.2, 0.25) is 0 Å². The van der Waals surface area contributed by atoms with Crippen molar-refractivity contribution < 1.29 is 9.53 Å². The minimum absolute atomic E-state index is 0.159. The Morgan fingerprint density at radius 1 is 1.53 bits per heavy atom. The predicted molar refractivity (Wildman–Crippen MR) is 66.8 cm³/mol. The van der Waals surface area contributed by atoms with Gasteiger partial charge in [0, 0.05) is 32.3 Å². The van der Waals surface area contributed by atoms with E-state index in [2.05, 4.69) is 17.1 Å². The smallest absolute Gasteiger partial charge is 0.255 e. The first-order valence-corrected chi connectivity index (χ1v) is 6.62. The van der Waals surface area contributed by atoms with Gasteiger partial charge >= 0.3 is 0 Å². The maximum atomic E-state index is 12.7. The molecule has 1 amide bonds. The highest BCUT2D eigenvalue weighted by Gasteiger charge is 2.48. The molecule has 0 aromatic heterocycles. The lowest BCUT2D eigenvalue weighted by Crippen LogP contribution is -2.53. The van der Waals surface area contributed by atoms with E-state index in [-0.39, 0.29) is 5.91 Å². The number of likely N-dealkylation sites (tertiary alicyclic amines) is 1. The number of ether oxygens (including phenoxy) is 1. The molecule has 0 aliphatic carbocycles. The topological polar surface area (TPSA) is 41.6 Å². The predicted octanol–water partition coefficient (Wildman–Crippen LogP) is 1.01. The Labute approximate surface area is 104 Å². The first-order valence-electron chi connectivity index (χ1n) is 6.62. The van der Waals surface area contributed by atoms with Crippen molar-refractivity contribution in [2.75, 3.05) is 20.2 Å². The fourth-order valence-electron chi connectivity index (χ4n) is 3.17. The number of hydrogen-bond donors (Lipinski definition) is 1. The molecular formula is C13H24N2O2. The van der Waals surface area contributed by atoms with Gasteiger partial charge in [-0.1, -0.05) is 6.92 Å². The summed E-state index contributed by atoms with van der Waals surface area (Å²) in [5.41, 5.74) is -0.661. The van der Waals surface area contributed by atoms with Gasteiger partial charge < -0.3 is 15.0 Å². The normalized spacial score (nSPS) is 35.8. The fraction of sp³-hybridized carbons (Fsp3) is 0.923. The molecule has 2 aliphatic heterocycles. The molecule has 1 N–H and O–H groups in total. The van der Waals surface area contributed by atoms with Gasteiger partial charge in [0.1, 0.15) is 5.60 Å². The highest BCUT2D eigenvalue weighted by molar-refractivity contribution is 5.85. The van der Waals surface area contributed by atoms with E-state index >= 15 is 0 Å². The third-order valence-corrected chi connectivity index (χ3v) is 4.59. The molecule has 0 spiro atoms. The molecule has 2 heterocycles. The molecule has 4 nitrogen and oxygen atoms in total. The second kappa shape index (κ2) is 4.58. The molecule has 4 unspecified atom stereocenters. The zero-order valence-corrected chi connectivity index (χ0v) is 11.3. The third-order valence-electron chi connectivity index (χ3n) is 4.59. The van der Waals surface area contributed by atoms with Crippen LogP contribution in [-0.4, -0.2) is 48.7 Å². The third kappa shape index (κ3) is 1.97. The maximum absolute atomic E-state index is 12.7. The molecule has 0 bridgehead atoms. The summed E-state index contributed by atoms with van der Waals surface area (Å²) >= 11 is 0. The van der Waals surface area contributed by atoms with E-state index in [9.17, 15) is 4.79 Å². The summed E-state index contributed by atoms with van der Waals surface area (Å²) in [5.74, 6) is 0.790. The van der Waals surface area contributed by atoms with Gasteiger partial charge in [-0.2, -0.15) is 0 Å². The number of hydrogen-bond acceptors (Lipinski definition) is 3. The zero-order valence-electron chi connectivity index (χ0n) is 11.3. The molecule has 2 rings (SSSR count). The summed E-state index contributed by atoms with van der Waals surface area (Å²) in [7, 11) is 1.63. The van der Waals surface area contributed by atoms with Crippen LogP contribution in [0.15, 0.2) is 0 Å². The van der Waals surface area contributed by atoms with Crippen molar-refractivity contribution in [1.82, 2.24) is 10.2 Å². The summed E-state index contributed by atoms with van der Waals surface area (Å²) < 4.78 is 5.45. The first-order chi connectivity index (χ1) is 8.03. The van der Waals surface area contributed by atoms with E-state index in [0.29, 0.717) is 18.0 Å². The molecule has 0 saturated carbocycles. The largest absolute Gasteiger partial charge is 0.369 e. The van der Waals surface area contributed by atoms with Crippen LogP contribution in [0.2, 0.25) is 0 Å². The van der Waals surface area contributed by atoms with Crippen LogP contribution in [0.5, 0.6) is 0 Å². The lowest BCUT2D eigenvalue weighted by molar-refractivity contribution is -0.156. The number of nitrogens with zero attached hydrogens (tertiary/aromatic N) is 1. The molecule has 4 atom stereocenters. The number of carbonyl (C=O) groups is 1. The Morgan fingerprint density at radius 3 is 2.82 bits per heavy atom. The molecule has 17 heavy (non-hydrogen) atoms. The SMILES string of the molecule is CCC(C)(OC)C(=O)N1C(C)CC2CNCC21. The van der Waals surface area contributed by atoms with Gasteiger partial charge in [-0.05, 0) is 32.6 Å². The van der Waals surface area contributed by atoms with Crippen molar-refractivity contribution >= 4 is 5.91 Å². The summed E-state index contributed by atoms with van der Waals surface area (Å²) in [4.78, 5) is 14.7. The van der Waals surface area contributed by atoms with Crippen molar-refractivity contribution in [2.24, 2.45) is 5.92 Å². The number of carbonyl (C=O) groups excluding carboxylic acids is 1. The van der Waals surface area contributed by atoms with E-state index in [1.54, 1.807) is 7.11 Å². The summed E-state index contributed by atoms with van der Waals surface area (Å²) in [6.07, 6.45) is 1.84. The molecular weight excluding hydrogens is 216 g/mol. The molecule has 0 aromatic rings. The van der Waals surface area contributed by atoms with Crippen LogP contribution in [0, 0.1) is 5.92 Å². The van der Waals surface area contributed by atoms with Crippen molar-refractivity contribution in [1.29, 1.82) is 0 Å². The molecule has 2 fully saturated rings. The minimum Gasteiger partial charge on any atom is -0.369 e. The fourth-order valence-corrected chi connectivity index (χ4v) is 3.17. The highest BCUT2D eigenvalue weighted by atomic mass is 16.5. The Morgan fingerprint density at radius 2 is 2.24 bits per heavy atom. The van der Waals surface area contributed by atoms with E-state index in [4.69, 9.17) is 4.74 Å². The van der Waals surface area contributed by atoms with Gasteiger partial charge in [0.05, 0.1) is 0 Å². The van der Waals surface area contributed by atoms with Crippen molar-refractivity contribution in [2.45, 2.75) is 51.3 Å². The van der Waals surface area contributed by atoms with Crippen LogP contribution in [-0.2, 0) is 9.53 Å². The minimum atomic E-state index is -0.661. The van der Waals surface area contributed by atoms with Crippen molar-refractivity contribution in [3.63, 3.8) is 0 Å². The number of nitrogens with one attached hydrogen (secondary N) is 1. The number of methoxy groups -OCH3 is 1. The molecule has 2 saturated heterocycles. The molecule has 2 aliphatic rings. The Hall–Kier alpha value is -0.610. The quantitative estimate of drug-likeness (QED) is 0.800. The molecule has 4 heteroatoms. The van der Waals surface area contributed by atoms with Crippen LogP contribution < -0.4 is 5.32 Å². The molecule has 98 valence electrons. The van der Waals surface area contributed by atoms with Crippen LogP contribution in [0.3, 0.4) is 0 Å². The van der Waals surface area contributed by atoms with Gasteiger partial charge in [-0.3, -0.25) is 4.79 Å². The Balaban J connectivity index is 2.18. The lowest BCUT2D eigenvalue weighted by atomic mass is 10.00. The highest BCUT2D eigenvalue weighted by Crippen LogP contribution is 2.35. The average Bonchev–Trinajstić information content (AvgIpc) is 2.86. The van der Waals surface area contributed by atoms with Gasteiger partial charge in [0.25, 0.3) is 5.91 Å². The number of amides is 1. The van der Waals surface area contributed by atoms with Crippen molar-refractivity contribution in [3.8, 4) is 0 Å². The molecule has 0 aromatic carbocycles. The zero-order chi connectivity index (χ0) is 12.6. The van der Waals surface area contributed by atoms with Crippen molar-refractivity contribution in [3.05, 3.63) is 0 Å². The second-order valence-electron chi connectivity index (χ2n) is 5.57. The van der Waals surface area contributed by atoms with Crippen LogP contribution in [0.1, 0.15) is 33.6 Å². The number of rotatable bonds is 3. The van der Waals surface area contributed by atoms with E-state index in [1.807, 2.05) is 13.8 Å². The average molecular weight is 240 g/mol. The van der Waals surface area contributed by atoms with Gasteiger partial charge in [-0.15, -0.1) is 0 Å². The van der Waals surface area contributed by atoms with Crippen LogP contribution in [0.25, 0.3) is 0 Å². The maximum Gasteiger partial charge on any atom is 0.255 e. The van der Waals surface area contributed by atoms with Crippen LogP contribution in [0.4, 0.5) is 0 Å². The van der Waals surface area contributed by atoms with Crippen LogP contribution >= 0.6 is 0 Å². The standard InChI is InChI=1S/C13H24N2O2/c1-5-13(3,17-4)12(16)15-9(2)6-10-7-14-8-11(10)15/h9-11,14H,5-8H2,1-4H3. The number of fused-ring (bicyclic) bond motifs is 1. The Bertz CT molecular complexity index is 302. The Kier molecular flexibility index (Phi) is 3.46. The summed E-state index contributed by atoms with van der Waals surface area (Å²) in [6, 6.07) is 0.721. The van der Waals surface area contributed by atoms with Gasteiger partial charge in [0.15, 0.2) is 0 Å². The van der Waals surface area contributed by atoms with E-state index in [1.165, 1.54) is 0 Å². The summed E-state index contributed by atoms with van der Waals surface area (Å²) in [5, 5.41) is 3.38.